The molecular weight excluding hydrogens is 226 g/mol. The van der Waals surface area contributed by atoms with Gasteiger partial charge >= 0.3 is 6.03 Å². The second-order valence-corrected chi connectivity index (χ2v) is 4.85. The molecule has 1 aromatic carbocycles. The molecule has 1 aliphatic rings. The van der Waals surface area contributed by atoms with Crippen molar-refractivity contribution >= 4 is 17.4 Å². The molecule has 18 heavy (non-hydrogen) atoms. The van der Waals surface area contributed by atoms with Gasteiger partial charge in [0.05, 0.1) is 11.4 Å². The van der Waals surface area contributed by atoms with Crippen LogP contribution < -0.4 is 16.4 Å². The Kier molecular flexibility index (Phi) is 3.55. The minimum Gasteiger partial charge on any atom is -0.397 e. The van der Waals surface area contributed by atoms with Crippen molar-refractivity contribution in [2.45, 2.75) is 26.7 Å². The zero-order valence-electron chi connectivity index (χ0n) is 10.8. The number of hydrogen-bond donors (Lipinski definition) is 3. The number of aryl methyl sites for hydroxylation is 1. The SMILES string of the molecule is C/C(=C\NC(=O)Nc1cc(C)ccc1N)C1CC1. The lowest BCUT2D eigenvalue weighted by atomic mass is 10.2. The van der Waals surface area contributed by atoms with E-state index < -0.39 is 0 Å². The van der Waals surface area contributed by atoms with Crippen LogP contribution in [0.25, 0.3) is 0 Å². The highest BCUT2D eigenvalue weighted by molar-refractivity contribution is 5.93. The van der Waals surface area contributed by atoms with E-state index in [1.807, 2.05) is 26.0 Å². The summed E-state index contributed by atoms with van der Waals surface area (Å²) in [6, 6.07) is 5.30. The number of rotatable bonds is 3. The molecule has 0 unspecified atom stereocenters. The van der Waals surface area contributed by atoms with Crippen LogP contribution in [0.1, 0.15) is 25.3 Å². The highest BCUT2D eigenvalue weighted by Crippen LogP contribution is 2.35. The number of nitrogen functional groups attached to an aromatic ring is 1. The zero-order chi connectivity index (χ0) is 13.1. The van der Waals surface area contributed by atoms with Crippen LogP contribution in [0, 0.1) is 12.8 Å². The van der Waals surface area contributed by atoms with Gasteiger partial charge in [-0.05, 0) is 50.3 Å². The standard InChI is InChI=1S/C14H19N3O/c1-9-3-6-12(15)13(7-9)17-14(18)16-8-10(2)11-4-5-11/h3,6-8,11H,4-5,15H2,1-2H3,(H2,16,17,18)/b10-8+. The number of hydrogen-bond acceptors (Lipinski definition) is 2. The first-order valence-electron chi connectivity index (χ1n) is 6.16. The lowest BCUT2D eigenvalue weighted by molar-refractivity contribution is 0.255. The Hall–Kier alpha value is -1.97. The van der Waals surface area contributed by atoms with Gasteiger partial charge in [-0.25, -0.2) is 4.79 Å². The minimum absolute atomic E-state index is 0.257. The molecule has 1 saturated carbocycles. The van der Waals surface area contributed by atoms with Gasteiger partial charge in [0.1, 0.15) is 0 Å². The molecule has 1 aromatic rings. The lowest BCUT2D eigenvalue weighted by Crippen LogP contribution is -2.24. The molecule has 0 bridgehead atoms. The number of nitrogens with two attached hydrogens (primary N) is 1. The highest BCUT2D eigenvalue weighted by Gasteiger charge is 2.22. The van der Waals surface area contributed by atoms with Crippen molar-refractivity contribution in [3.8, 4) is 0 Å². The molecule has 0 aliphatic heterocycles. The molecule has 1 aliphatic carbocycles. The number of nitrogens with one attached hydrogen (secondary N) is 2. The van der Waals surface area contributed by atoms with Crippen LogP contribution >= 0.6 is 0 Å². The lowest BCUT2D eigenvalue weighted by Gasteiger charge is -2.09. The molecule has 4 heteroatoms. The second kappa shape index (κ2) is 5.12. The minimum atomic E-state index is -0.257. The topological polar surface area (TPSA) is 67.2 Å². The second-order valence-electron chi connectivity index (χ2n) is 4.85. The van der Waals surface area contributed by atoms with Crippen LogP contribution in [0.5, 0.6) is 0 Å². The van der Waals surface area contributed by atoms with E-state index in [0.29, 0.717) is 17.3 Å². The Morgan fingerprint density at radius 2 is 2.17 bits per heavy atom. The number of carbonyl (C=O) groups excluding carboxylic acids is 1. The number of benzene rings is 1. The maximum absolute atomic E-state index is 11.7. The van der Waals surface area contributed by atoms with Gasteiger partial charge in [0, 0.05) is 6.20 Å². The van der Waals surface area contributed by atoms with Gasteiger partial charge in [0.25, 0.3) is 0 Å². The van der Waals surface area contributed by atoms with Crippen molar-refractivity contribution in [1.82, 2.24) is 5.32 Å². The van der Waals surface area contributed by atoms with Crippen molar-refractivity contribution in [1.29, 1.82) is 0 Å². The number of anilines is 2. The van der Waals surface area contributed by atoms with E-state index >= 15 is 0 Å². The van der Waals surface area contributed by atoms with Gasteiger partial charge in [0.2, 0.25) is 0 Å². The third-order valence-corrected chi connectivity index (χ3v) is 3.11. The fraction of sp³-hybridized carbons (Fsp3) is 0.357. The average molecular weight is 245 g/mol. The number of carbonyl (C=O) groups is 1. The van der Waals surface area contributed by atoms with Gasteiger partial charge in [0.15, 0.2) is 0 Å². The molecule has 4 nitrogen and oxygen atoms in total. The third kappa shape index (κ3) is 3.26. The van der Waals surface area contributed by atoms with Gasteiger partial charge in [-0.1, -0.05) is 11.6 Å². The Bertz CT molecular complexity index is 490. The predicted molar refractivity (Wildman–Crippen MR) is 74.2 cm³/mol. The van der Waals surface area contributed by atoms with Crippen LogP contribution in [-0.2, 0) is 0 Å². The number of allylic oxidation sites excluding steroid dienone is 1. The van der Waals surface area contributed by atoms with Gasteiger partial charge in [-0.15, -0.1) is 0 Å². The highest BCUT2D eigenvalue weighted by atomic mass is 16.2. The van der Waals surface area contributed by atoms with Gasteiger partial charge < -0.3 is 16.4 Å². The Morgan fingerprint density at radius 1 is 1.44 bits per heavy atom. The maximum Gasteiger partial charge on any atom is 0.323 e. The van der Waals surface area contributed by atoms with Crippen LogP contribution in [-0.4, -0.2) is 6.03 Å². The third-order valence-electron chi connectivity index (χ3n) is 3.11. The summed E-state index contributed by atoms with van der Waals surface area (Å²) in [4.78, 5) is 11.7. The Morgan fingerprint density at radius 3 is 2.83 bits per heavy atom. The molecule has 2 amide bonds. The van der Waals surface area contributed by atoms with Crippen molar-refractivity contribution in [2.75, 3.05) is 11.1 Å². The molecule has 0 aromatic heterocycles. The number of amides is 2. The zero-order valence-corrected chi connectivity index (χ0v) is 10.8. The van der Waals surface area contributed by atoms with Crippen LogP contribution in [0.4, 0.5) is 16.2 Å². The molecule has 0 spiro atoms. The van der Waals surface area contributed by atoms with Crippen LogP contribution in [0.15, 0.2) is 30.0 Å². The molecule has 4 N–H and O–H groups in total. The molecule has 0 radical (unpaired) electrons. The van der Waals surface area contributed by atoms with E-state index in [0.717, 1.165) is 5.56 Å². The van der Waals surface area contributed by atoms with Crippen molar-refractivity contribution < 1.29 is 4.79 Å². The summed E-state index contributed by atoms with van der Waals surface area (Å²) in [6.07, 6.45) is 4.24. The first-order valence-corrected chi connectivity index (χ1v) is 6.16. The van der Waals surface area contributed by atoms with Crippen LogP contribution in [0.2, 0.25) is 0 Å². The van der Waals surface area contributed by atoms with Gasteiger partial charge in [-0.3, -0.25) is 0 Å². The van der Waals surface area contributed by atoms with Gasteiger partial charge in [-0.2, -0.15) is 0 Å². The predicted octanol–water partition coefficient (Wildman–Crippen LogP) is 3.01. The van der Waals surface area contributed by atoms with E-state index in [1.54, 1.807) is 12.3 Å². The average Bonchev–Trinajstić information content (AvgIpc) is 3.15. The first-order chi connectivity index (χ1) is 8.56. The molecule has 96 valence electrons. The number of urea groups is 1. The molecule has 0 heterocycles. The van der Waals surface area contributed by atoms with Crippen LogP contribution in [0.3, 0.4) is 0 Å². The van der Waals surface area contributed by atoms with Crippen molar-refractivity contribution in [3.05, 3.63) is 35.5 Å². The molecule has 2 rings (SSSR count). The fourth-order valence-electron chi connectivity index (χ4n) is 1.77. The van der Waals surface area contributed by atoms with E-state index in [-0.39, 0.29) is 6.03 Å². The summed E-state index contributed by atoms with van der Waals surface area (Å²) in [5.74, 6) is 0.661. The Labute approximate surface area is 107 Å². The van der Waals surface area contributed by atoms with E-state index in [2.05, 4.69) is 10.6 Å². The quantitative estimate of drug-likeness (QED) is 0.716. The summed E-state index contributed by atoms with van der Waals surface area (Å²) < 4.78 is 0. The summed E-state index contributed by atoms with van der Waals surface area (Å²) in [6.45, 7) is 4.00. The van der Waals surface area contributed by atoms with E-state index in [9.17, 15) is 4.79 Å². The first kappa shape index (κ1) is 12.5. The summed E-state index contributed by atoms with van der Waals surface area (Å²) in [5.41, 5.74) is 9.29. The van der Waals surface area contributed by atoms with E-state index in [4.69, 9.17) is 5.73 Å². The largest absolute Gasteiger partial charge is 0.397 e. The van der Waals surface area contributed by atoms with Crippen molar-refractivity contribution in [2.24, 2.45) is 5.92 Å². The molecule has 1 fully saturated rings. The normalized spacial score (nSPS) is 15.3. The summed E-state index contributed by atoms with van der Waals surface area (Å²) >= 11 is 0. The molecule has 0 atom stereocenters. The molecule has 0 saturated heterocycles. The summed E-state index contributed by atoms with van der Waals surface area (Å²) in [5, 5.41) is 5.48. The summed E-state index contributed by atoms with van der Waals surface area (Å²) in [7, 11) is 0. The molecular formula is C14H19N3O. The fourth-order valence-corrected chi connectivity index (χ4v) is 1.77. The Balaban J connectivity index is 1.94. The monoisotopic (exact) mass is 245 g/mol. The maximum atomic E-state index is 11.7. The van der Waals surface area contributed by atoms with Crippen molar-refractivity contribution in [3.63, 3.8) is 0 Å². The van der Waals surface area contributed by atoms with E-state index in [1.165, 1.54) is 18.4 Å². The smallest absolute Gasteiger partial charge is 0.323 e.